The Balaban J connectivity index is 1.45. The number of nitrogens with zero attached hydrogens (tertiary/aromatic N) is 1. The Hall–Kier alpha value is -3.34. The molecule has 5 nitrogen and oxygen atoms in total. The first-order valence-electron chi connectivity index (χ1n) is 9.02. The lowest BCUT2D eigenvalue weighted by Crippen LogP contribution is -2.15. The molecular formula is C22H23N3O2. The largest absolute Gasteiger partial charge is 0.493 e. The lowest BCUT2D eigenvalue weighted by atomic mass is 10.1. The van der Waals surface area contributed by atoms with Gasteiger partial charge in [0.2, 0.25) is 5.91 Å². The van der Waals surface area contributed by atoms with Crippen molar-refractivity contribution in [2.45, 2.75) is 19.8 Å². The Labute approximate surface area is 159 Å². The fraction of sp³-hybridized carbons (Fsp3) is 0.182. The Morgan fingerprint density at radius 3 is 2.37 bits per heavy atom. The molecule has 0 aliphatic heterocycles. The highest BCUT2D eigenvalue weighted by Gasteiger charge is 2.04. The summed E-state index contributed by atoms with van der Waals surface area (Å²) in [6.45, 7) is 2.45. The van der Waals surface area contributed by atoms with Crippen LogP contribution in [0, 0.1) is 0 Å². The number of rotatable bonds is 8. The molecule has 0 fully saturated rings. The molecule has 27 heavy (non-hydrogen) atoms. The van der Waals surface area contributed by atoms with Crippen LogP contribution in [0.25, 0.3) is 0 Å². The third-order valence-corrected chi connectivity index (χ3v) is 4.02. The van der Waals surface area contributed by atoms with Crippen molar-refractivity contribution in [3.63, 3.8) is 0 Å². The van der Waals surface area contributed by atoms with Crippen LogP contribution in [0.1, 0.15) is 18.9 Å². The Bertz CT molecular complexity index is 847. The van der Waals surface area contributed by atoms with Crippen molar-refractivity contribution in [3.05, 3.63) is 78.5 Å². The van der Waals surface area contributed by atoms with Gasteiger partial charge in [0.1, 0.15) is 11.6 Å². The van der Waals surface area contributed by atoms with Gasteiger partial charge in [0, 0.05) is 5.69 Å². The number of para-hydroxylation sites is 1. The lowest BCUT2D eigenvalue weighted by molar-refractivity contribution is -0.116. The summed E-state index contributed by atoms with van der Waals surface area (Å²) in [4.78, 5) is 16.3. The molecule has 0 saturated heterocycles. The summed E-state index contributed by atoms with van der Waals surface area (Å²) < 4.78 is 5.53. The maximum Gasteiger partial charge on any atom is 0.228 e. The fourth-order valence-electron chi connectivity index (χ4n) is 2.52. The van der Waals surface area contributed by atoms with Crippen molar-refractivity contribution in [3.8, 4) is 5.75 Å². The number of benzene rings is 2. The third kappa shape index (κ3) is 5.85. The Morgan fingerprint density at radius 2 is 1.70 bits per heavy atom. The van der Waals surface area contributed by atoms with Gasteiger partial charge < -0.3 is 15.4 Å². The van der Waals surface area contributed by atoms with E-state index in [1.54, 1.807) is 12.3 Å². The summed E-state index contributed by atoms with van der Waals surface area (Å²) in [6, 6.07) is 21.4. The van der Waals surface area contributed by atoms with Crippen molar-refractivity contribution < 1.29 is 9.53 Å². The van der Waals surface area contributed by atoms with Crippen LogP contribution in [-0.4, -0.2) is 17.5 Å². The molecular weight excluding hydrogens is 338 g/mol. The van der Waals surface area contributed by atoms with E-state index in [-0.39, 0.29) is 12.3 Å². The van der Waals surface area contributed by atoms with Crippen molar-refractivity contribution in [1.82, 2.24) is 4.98 Å². The highest BCUT2D eigenvalue weighted by Crippen LogP contribution is 2.18. The zero-order valence-electron chi connectivity index (χ0n) is 15.3. The second-order valence-corrected chi connectivity index (χ2v) is 6.07. The highest BCUT2D eigenvalue weighted by atomic mass is 16.5. The molecule has 138 valence electrons. The number of amides is 1. The van der Waals surface area contributed by atoms with Crippen LogP contribution in [0.5, 0.6) is 5.75 Å². The number of nitrogens with one attached hydrogen (secondary N) is 2. The third-order valence-electron chi connectivity index (χ3n) is 4.02. The smallest absolute Gasteiger partial charge is 0.228 e. The molecule has 1 amide bonds. The molecule has 0 bridgehead atoms. The second-order valence-electron chi connectivity index (χ2n) is 6.07. The monoisotopic (exact) mass is 361 g/mol. The van der Waals surface area contributed by atoms with Crippen LogP contribution in [0.4, 0.5) is 17.2 Å². The van der Waals surface area contributed by atoms with Gasteiger partial charge in [-0.15, -0.1) is 0 Å². The van der Waals surface area contributed by atoms with Crippen LogP contribution >= 0.6 is 0 Å². The number of anilines is 3. The van der Waals surface area contributed by atoms with Gasteiger partial charge in [-0.2, -0.15) is 0 Å². The highest BCUT2D eigenvalue weighted by molar-refractivity contribution is 5.89. The second kappa shape index (κ2) is 9.38. The van der Waals surface area contributed by atoms with Gasteiger partial charge in [-0.1, -0.05) is 37.3 Å². The molecule has 2 N–H and O–H groups in total. The number of ether oxygens (including phenoxy) is 1. The number of aryl methyl sites for hydroxylation is 1. The molecule has 0 spiro atoms. The Morgan fingerprint density at radius 1 is 0.963 bits per heavy atom. The van der Waals surface area contributed by atoms with E-state index in [1.807, 2.05) is 48.5 Å². The lowest BCUT2D eigenvalue weighted by Gasteiger charge is -2.09. The minimum absolute atomic E-state index is 0.130. The standard InChI is InChI=1S/C22H23N3O2/c1-2-17-8-10-18(11-9-17)24-19-12-13-21(23-16-19)25-22(26)14-15-27-20-6-4-3-5-7-20/h3-13,16,24H,2,14-15H2,1H3,(H,23,25,26). The van der Waals surface area contributed by atoms with E-state index in [1.165, 1.54) is 5.56 Å². The number of carbonyl (C=O) groups excluding carboxylic acids is 1. The van der Waals surface area contributed by atoms with Gasteiger partial charge in [-0.25, -0.2) is 4.98 Å². The first kappa shape index (κ1) is 18.5. The molecule has 0 unspecified atom stereocenters. The molecule has 3 aromatic rings. The van der Waals surface area contributed by atoms with E-state index in [0.717, 1.165) is 23.5 Å². The van der Waals surface area contributed by atoms with Gasteiger partial charge in [-0.05, 0) is 48.4 Å². The van der Waals surface area contributed by atoms with Gasteiger partial charge in [-0.3, -0.25) is 4.79 Å². The average molecular weight is 361 g/mol. The molecule has 5 heteroatoms. The quantitative estimate of drug-likeness (QED) is 0.605. The summed E-state index contributed by atoms with van der Waals surface area (Å²) in [5.41, 5.74) is 3.17. The predicted molar refractivity (Wildman–Crippen MR) is 109 cm³/mol. The van der Waals surface area contributed by atoms with Crippen molar-refractivity contribution in [2.75, 3.05) is 17.2 Å². The van der Waals surface area contributed by atoms with E-state index < -0.39 is 0 Å². The van der Waals surface area contributed by atoms with Crippen LogP contribution in [0.3, 0.4) is 0 Å². The number of hydrogen-bond donors (Lipinski definition) is 2. The fourth-order valence-corrected chi connectivity index (χ4v) is 2.52. The molecule has 0 saturated carbocycles. The zero-order valence-corrected chi connectivity index (χ0v) is 15.3. The van der Waals surface area contributed by atoms with Crippen LogP contribution in [0.15, 0.2) is 72.9 Å². The Kier molecular flexibility index (Phi) is 6.41. The number of pyridine rings is 1. The van der Waals surface area contributed by atoms with Crippen molar-refractivity contribution >= 4 is 23.1 Å². The summed E-state index contributed by atoms with van der Waals surface area (Å²) in [6.07, 6.45) is 2.98. The maximum atomic E-state index is 12.0. The van der Waals surface area contributed by atoms with Crippen LogP contribution in [0.2, 0.25) is 0 Å². The van der Waals surface area contributed by atoms with Gasteiger partial charge in [0.25, 0.3) is 0 Å². The minimum atomic E-state index is -0.130. The van der Waals surface area contributed by atoms with E-state index in [9.17, 15) is 4.79 Å². The topological polar surface area (TPSA) is 63.2 Å². The number of aromatic nitrogens is 1. The zero-order chi connectivity index (χ0) is 18.9. The summed E-state index contributed by atoms with van der Waals surface area (Å²) in [7, 11) is 0. The van der Waals surface area contributed by atoms with E-state index in [4.69, 9.17) is 4.74 Å². The van der Waals surface area contributed by atoms with E-state index in [0.29, 0.717) is 12.4 Å². The van der Waals surface area contributed by atoms with Gasteiger partial charge >= 0.3 is 0 Å². The van der Waals surface area contributed by atoms with E-state index in [2.05, 4.69) is 34.7 Å². The average Bonchev–Trinajstić information content (AvgIpc) is 2.71. The molecule has 0 aliphatic rings. The van der Waals surface area contributed by atoms with Gasteiger partial charge in [0.15, 0.2) is 0 Å². The van der Waals surface area contributed by atoms with Crippen molar-refractivity contribution in [2.24, 2.45) is 0 Å². The predicted octanol–water partition coefficient (Wildman–Crippen LogP) is 4.80. The normalized spacial score (nSPS) is 10.3. The van der Waals surface area contributed by atoms with Gasteiger partial charge in [0.05, 0.1) is 24.9 Å². The van der Waals surface area contributed by atoms with Crippen LogP contribution < -0.4 is 15.4 Å². The van der Waals surface area contributed by atoms with Crippen molar-refractivity contribution in [1.29, 1.82) is 0 Å². The minimum Gasteiger partial charge on any atom is -0.493 e. The molecule has 2 aromatic carbocycles. The first-order valence-corrected chi connectivity index (χ1v) is 9.02. The number of hydrogen-bond acceptors (Lipinski definition) is 4. The SMILES string of the molecule is CCc1ccc(Nc2ccc(NC(=O)CCOc3ccccc3)nc2)cc1. The molecule has 1 aromatic heterocycles. The summed E-state index contributed by atoms with van der Waals surface area (Å²) >= 11 is 0. The summed E-state index contributed by atoms with van der Waals surface area (Å²) in [5.74, 6) is 1.15. The van der Waals surface area contributed by atoms with Crippen LogP contribution in [-0.2, 0) is 11.2 Å². The maximum absolute atomic E-state index is 12.0. The number of carbonyl (C=O) groups is 1. The first-order chi connectivity index (χ1) is 13.2. The molecule has 0 aliphatic carbocycles. The summed E-state index contributed by atoms with van der Waals surface area (Å²) in [5, 5.41) is 6.07. The van der Waals surface area contributed by atoms with E-state index >= 15 is 0 Å². The molecule has 0 radical (unpaired) electrons. The molecule has 0 atom stereocenters. The molecule has 1 heterocycles. The molecule has 3 rings (SSSR count).